The smallest absolute Gasteiger partial charge is 0.126 e. The van der Waals surface area contributed by atoms with E-state index in [-0.39, 0.29) is 6.04 Å². The molecule has 7 nitrogen and oxygen atoms in total. The Bertz CT molecular complexity index is 771. The van der Waals surface area contributed by atoms with E-state index >= 15 is 0 Å². The number of nitrogens with two attached hydrogens (primary N) is 2. The van der Waals surface area contributed by atoms with Crippen LogP contribution in [0.2, 0.25) is 0 Å². The van der Waals surface area contributed by atoms with Gasteiger partial charge in [-0.25, -0.2) is 4.98 Å². The molecule has 0 amide bonds. The van der Waals surface area contributed by atoms with Crippen LogP contribution >= 0.6 is 0 Å². The lowest BCUT2D eigenvalue weighted by atomic mass is 10.1. The first-order valence-electron chi connectivity index (χ1n) is 6.75. The second-order valence-corrected chi connectivity index (χ2v) is 5.11. The highest BCUT2D eigenvalue weighted by molar-refractivity contribution is 5.75. The predicted molar refractivity (Wildman–Crippen MR) is 82.1 cm³/mol. The van der Waals surface area contributed by atoms with Crippen LogP contribution in [0.5, 0.6) is 0 Å². The normalized spacial score (nSPS) is 12.9. The number of anilines is 1. The predicted octanol–water partition coefficient (Wildman–Crippen LogP) is 0.636. The standard InChI is InChI=1S/C14H19N7/c1-20-12-6-4-3-5-10(12)18-13(20)7-11(19-16)9-8-17-21(2)14(9)15/h3-6,8,11,19H,7,15-16H2,1-2H3. The molecule has 110 valence electrons. The molecule has 0 saturated carbocycles. The van der Waals surface area contributed by atoms with E-state index in [1.54, 1.807) is 10.9 Å². The zero-order chi connectivity index (χ0) is 15.0. The number of hydrogen-bond donors (Lipinski definition) is 3. The maximum absolute atomic E-state index is 6.02. The van der Waals surface area contributed by atoms with Gasteiger partial charge in [0, 0.05) is 26.1 Å². The van der Waals surface area contributed by atoms with Crippen molar-refractivity contribution in [2.75, 3.05) is 5.73 Å². The summed E-state index contributed by atoms with van der Waals surface area (Å²) in [4.78, 5) is 4.66. The molecule has 3 rings (SSSR count). The third-order valence-electron chi connectivity index (χ3n) is 3.86. The first kappa shape index (κ1) is 13.6. The van der Waals surface area contributed by atoms with Crippen molar-refractivity contribution in [2.24, 2.45) is 19.9 Å². The summed E-state index contributed by atoms with van der Waals surface area (Å²) in [6.45, 7) is 0. The van der Waals surface area contributed by atoms with E-state index in [9.17, 15) is 0 Å². The quantitative estimate of drug-likeness (QED) is 0.482. The lowest BCUT2D eigenvalue weighted by Gasteiger charge is -2.15. The molecule has 0 aliphatic heterocycles. The third-order valence-corrected chi connectivity index (χ3v) is 3.86. The van der Waals surface area contributed by atoms with Crippen LogP contribution in [0.4, 0.5) is 5.82 Å². The summed E-state index contributed by atoms with van der Waals surface area (Å²) in [5.74, 6) is 7.25. The van der Waals surface area contributed by atoms with E-state index in [1.807, 2.05) is 32.3 Å². The summed E-state index contributed by atoms with van der Waals surface area (Å²) in [5.41, 5.74) is 11.8. The van der Waals surface area contributed by atoms with Crippen molar-refractivity contribution in [3.05, 3.63) is 41.9 Å². The molecule has 0 bridgehead atoms. The molecule has 3 aromatic rings. The van der Waals surface area contributed by atoms with Gasteiger partial charge in [0.05, 0.1) is 23.3 Å². The molecule has 0 spiro atoms. The van der Waals surface area contributed by atoms with Gasteiger partial charge in [0.15, 0.2) is 0 Å². The van der Waals surface area contributed by atoms with Gasteiger partial charge in [-0.2, -0.15) is 5.10 Å². The first-order chi connectivity index (χ1) is 10.1. The molecule has 0 radical (unpaired) electrons. The van der Waals surface area contributed by atoms with Crippen LogP contribution in [0.15, 0.2) is 30.5 Å². The molecule has 0 fully saturated rings. The van der Waals surface area contributed by atoms with Crippen LogP contribution in [-0.4, -0.2) is 19.3 Å². The van der Waals surface area contributed by atoms with Crippen LogP contribution < -0.4 is 17.0 Å². The number of fused-ring (bicyclic) bond motifs is 1. The molecule has 2 aromatic heterocycles. The fourth-order valence-electron chi connectivity index (χ4n) is 2.55. The maximum atomic E-state index is 6.02. The minimum atomic E-state index is -0.130. The molecule has 1 aromatic carbocycles. The molecule has 7 heteroatoms. The van der Waals surface area contributed by atoms with Crippen LogP contribution in [0.25, 0.3) is 11.0 Å². The summed E-state index contributed by atoms with van der Waals surface area (Å²) >= 11 is 0. The first-order valence-corrected chi connectivity index (χ1v) is 6.75. The van der Waals surface area contributed by atoms with E-state index in [0.29, 0.717) is 12.2 Å². The van der Waals surface area contributed by atoms with Crippen molar-refractivity contribution in [3.8, 4) is 0 Å². The molecular weight excluding hydrogens is 266 g/mol. The van der Waals surface area contributed by atoms with Gasteiger partial charge in [-0.1, -0.05) is 12.1 Å². The van der Waals surface area contributed by atoms with Crippen molar-refractivity contribution in [2.45, 2.75) is 12.5 Å². The average Bonchev–Trinajstić information content (AvgIpc) is 2.99. The number of para-hydroxylation sites is 2. The van der Waals surface area contributed by atoms with Gasteiger partial charge in [0.1, 0.15) is 11.6 Å². The lowest BCUT2D eigenvalue weighted by molar-refractivity contribution is 0.533. The monoisotopic (exact) mass is 285 g/mol. The number of benzene rings is 1. The fraction of sp³-hybridized carbons (Fsp3) is 0.286. The lowest BCUT2D eigenvalue weighted by Crippen LogP contribution is -2.30. The molecule has 1 unspecified atom stereocenters. The molecule has 1 atom stereocenters. The van der Waals surface area contributed by atoms with Gasteiger partial charge >= 0.3 is 0 Å². The van der Waals surface area contributed by atoms with Crippen molar-refractivity contribution in [1.29, 1.82) is 0 Å². The molecular formula is C14H19N7. The zero-order valence-electron chi connectivity index (χ0n) is 12.1. The van der Waals surface area contributed by atoms with Crippen molar-refractivity contribution in [3.63, 3.8) is 0 Å². The van der Waals surface area contributed by atoms with Crippen molar-refractivity contribution >= 4 is 16.9 Å². The molecule has 0 aliphatic rings. The maximum Gasteiger partial charge on any atom is 0.126 e. The molecule has 0 aliphatic carbocycles. The number of nitrogen functional groups attached to an aromatic ring is 1. The average molecular weight is 285 g/mol. The largest absolute Gasteiger partial charge is 0.384 e. The van der Waals surface area contributed by atoms with Crippen molar-refractivity contribution in [1.82, 2.24) is 24.8 Å². The number of imidazole rings is 1. The molecule has 21 heavy (non-hydrogen) atoms. The minimum absolute atomic E-state index is 0.130. The number of aromatic nitrogens is 4. The Kier molecular flexibility index (Phi) is 3.36. The fourth-order valence-corrected chi connectivity index (χ4v) is 2.55. The van der Waals surface area contributed by atoms with E-state index in [2.05, 4.69) is 26.1 Å². The topological polar surface area (TPSA) is 99.7 Å². The Balaban J connectivity index is 1.96. The van der Waals surface area contributed by atoms with Gasteiger partial charge in [-0.15, -0.1) is 0 Å². The van der Waals surface area contributed by atoms with Gasteiger partial charge < -0.3 is 10.3 Å². The third kappa shape index (κ3) is 2.26. The van der Waals surface area contributed by atoms with Crippen LogP contribution in [-0.2, 0) is 20.5 Å². The van der Waals surface area contributed by atoms with Crippen molar-refractivity contribution < 1.29 is 0 Å². The Morgan fingerprint density at radius 2 is 2.05 bits per heavy atom. The SMILES string of the molecule is Cn1ncc(C(Cc2nc3ccccc3n2C)NN)c1N. The second kappa shape index (κ2) is 5.19. The number of hydrogen-bond acceptors (Lipinski definition) is 5. The number of nitrogens with zero attached hydrogens (tertiary/aromatic N) is 4. The highest BCUT2D eigenvalue weighted by Gasteiger charge is 2.19. The highest BCUT2D eigenvalue weighted by atomic mass is 15.3. The van der Waals surface area contributed by atoms with E-state index in [4.69, 9.17) is 11.6 Å². The summed E-state index contributed by atoms with van der Waals surface area (Å²) < 4.78 is 3.71. The Morgan fingerprint density at radius 1 is 1.29 bits per heavy atom. The number of hydrazine groups is 1. The van der Waals surface area contributed by atoms with Gasteiger partial charge in [-0.05, 0) is 12.1 Å². The summed E-state index contributed by atoms with van der Waals surface area (Å²) in [5, 5.41) is 4.16. The number of aryl methyl sites for hydroxylation is 2. The molecule has 0 saturated heterocycles. The van der Waals surface area contributed by atoms with E-state index in [1.165, 1.54) is 0 Å². The van der Waals surface area contributed by atoms with Gasteiger partial charge in [0.25, 0.3) is 0 Å². The second-order valence-electron chi connectivity index (χ2n) is 5.11. The summed E-state index contributed by atoms with van der Waals surface area (Å²) in [7, 11) is 3.81. The molecule has 5 N–H and O–H groups in total. The van der Waals surface area contributed by atoms with Crippen LogP contribution in [0, 0.1) is 0 Å². The van der Waals surface area contributed by atoms with E-state index < -0.39 is 0 Å². The number of rotatable bonds is 4. The Labute approximate surface area is 122 Å². The van der Waals surface area contributed by atoms with Crippen LogP contribution in [0.3, 0.4) is 0 Å². The summed E-state index contributed by atoms with van der Waals surface area (Å²) in [6, 6.07) is 7.91. The Morgan fingerprint density at radius 3 is 2.67 bits per heavy atom. The van der Waals surface area contributed by atoms with E-state index in [0.717, 1.165) is 22.4 Å². The minimum Gasteiger partial charge on any atom is -0.384 e. The Hall–Kier alpha value is -2.38. The van der Waals surface area contributed by atoms with Crippen LogP contribution in [0.1, 0.15) is 17.4 Å². The number of nitrogens with one attached hydrogen (secondary N) is 1. The molecule has 2 heterocycles. The van der Waals surface area contributed by atoms with Gasteiger partial charge in [0.2, 0.25) is 0 Å². The van der Waals surface area contributed by atoms with Gasteiger partial charge in [-0.3, -0.25) is 16.0 Å². The highest BCUT2D eigenvalue weighted by Crippen LogP contribution is 2.24. The summed E-state index contributed by atoms with van der Waals surface area (Å²) in [6.07, 6.45) is 2.38. The zero-order valence-corrected chi connectivity index (χ0v) is 12.1.